The van der Waals surface area contributed by atoms with Crippen molar-refractivity contribution in [2.75, 3.05) is 7.11 Å². The number of aromatic amines is 1. The number of ether oxygens (including phenoxy) is 1. The van der Waals surface area contributed by atoms with Gasteiger partial charge in [-0.3, -0.25) is 0 Å². The number of H-pyrrole nitrogens is 1. The lowest BCUT2D eigenvalue weighted by molar-refractivity contribution is 0.414. The summed E-state index contributed by atoms with van der Waals surface area (Å²) in [6, 6.07) is 70.4. The van der Waals surface area contributed by atoms with E-state index in [2.05, 4.69) is 207 Å². The maximum atomic E-state index is 5.77. The Hall–Kier alpha value is -8.02. The van der Waals surface area contributed by atoms with Gasteiger partial charge < -0.3 is 23.4 Å². The number of benzene rings is 9. The van der Waals surface area contributed by atoms with Gasteiger partial charge in [0.1, 0.15) is 5.75 Å². The Labute approximate surface area is 344 Å². The molecule has 0 saturated heterocycles. The van der Waals surface area contributed by atoms with Crippen molar-refractivity contribution in [3.8, 4) is 33.9 Å². The highest BCUT2D eigenvalue weighted by molar-refractivity contribution is 6.17. The lowest BCUT2D eigenvalue weighted by Crippen LogP contribution is -2.00. The quantitative estimate of drug-likeness (QED) is 0.186. The van der Waals surface area contributed by atoms with E-state index in [1.165, 1.54) is 65.2 Å². The van der Waals surface area contributed by atoms with Crippen LogP contribution in [-0.2, 0) is 0 Å². The molecule has 0 saturated carbocycles. The molecule has 4 heterocycles. The molecule has 0 atom stereocenters. The number of nitrogens with one attached hydrogen (secondary N) is 1. The predicted octanol–water partition coefficient (Wildman–Crippen LogP) is 14.3. The molecule has 0 unspecified atom stereocenters. The van der Waals surface area contributed by atoms with E-state index in [-0.39, 0.29) is 0 Å². The fourth-order valence-corrected chi connectivity index (χ4v) is 10.1. The van der Waals surface area contributed by atoms with Gasteiger partial charge in [-0.25, -0.2) is 0 Å². The van der Waals surface area contributed by atoms with Crippen LogP contribution in [0.25, 0.3) is 115 Å². The predicted molar refractivity (Wildman–Crippen MR) is 251 cm³/mol. The van der Waals surface area contributed by atoms with Crippen LogP contribution in [0.2, 0.25) is 0 Å². The minimum atomic E-state index is 0.821. The van der Waals surface area contributed by atoms with Crippen molar-refractivity contribution >= 4 is 87.2 Å². The topological polar surface area (TPSA) is 39.8 Å². The Bertz CT molecular complexity index is 3790. The first-order chi connectivity index (χ1) is 29.7. The number of nitrogens with zero attached hydrogens (tertiary/aromatic N) is 3. The molecule has 0 radical (unpaired) electrons. The third-order valence-electron chi connectivity index (χ3n) is 12.7. The van der Waals surface area contributed by atoms with E-state index in [1.807, 2.05) is 6.07 Å². The number of fused-ring (bicyclic) bond motifs is 12. The van der Waals surface area contributed by atoms with Gasteiger partial charge in [0.05, 0.1) is 57.1 Å². The zero-order valence-electron chi connectivity index (χ0n) is 32.7. The van der Waals surface area contributed by atoms with Gasteiger partial charge >= 0.3 is 0 Å². The van der Waals surface area contributed by atoms with Crippen LogP contribution in [0.3, 0.4) is 0 Å². The van der Waals surface area contributed by atoms with Gasteiger partial charge in [-0.2, -0.15) is 0 Å². The Balaban J connectivity index is 1.03. The van der Waals surface area contributed by atoms with E-state index in [1.54, 1.807) is 7.11 Å². The van der Waals surface area contributed by atoms with E-state index in [0.29, 0.717) is 0 Å². The van der Waals surface area contributed by atoms with Crippen LogP contribution >= 0.6 is 0 Å². The summed E-state index contributed by atoms with van der Waals surface area (Å²) in [7, 11) is 1.73. The molecule has 0 aliphatic rings. The minimum absolute atomic E-state index is 0.821. The van der Waals surface area contributed by atoms with Gasteiger partial charge in [0.25, 0.3) is 0 Å². The standard InChI is InChI=1S/C55H36N4O/c1-60-37-14-10-13-36(33-37)57-51-30-28-34(31-45(51)44-20-12-26-53(55(44)57)59-49-23-8-4-17-41(49)42-18-5-9-24-50(42)59)35-27-29-38-43-19-11-25-52(54(43)56-46(38)32-35)58-47-21-6-2-15-39(47)40-16-3-7-22-48(40)58/h2-33,56H,1H3. The second kappa shape index (κ2) is 12.5. The lowest BCUT2D eigenvalue weighted by Gasteiger charge is -2.15. The summed E-state index contributed by atoms with van der Waals surface area (Å²) >= 11 is 0. The summed E-state index contributed by atoms with van der Waals surface area (Å²) in [5.74, 6) is 0.821. The first-order valence-electron chi connectivity index (χ1n) is 20.5. The van der Waals surface area contributed by atoms with Crippen molar-refractivity contribution in [3.63, 3.8) is 0 Å². The van der Waals surface area contributed by atoms with E-state index in [4.69, 9.17) is 4.74 Å². The maximum Gasteiger partial charge on any atom is 0.120 e. The van der Waals surface area contributed by atoms with E-state index >= 15 is 0 Å². The number of hydrogen-bond donors (Lipinski definition) is 1. The Morgan fingerprint density at radius 3 is 1.53 bits per heavy atom. The molecule has 5 nitrogen and oxygen atoms in total. The fourth-order valence-electron chi connectivity index (χ4n) is 10.1. The van der Waals surface area contributed by atoms with E-state index in [0.717, 1.165) is 56.0 Å². The normalized spacial score (nSPS) is 12.1. The summed E-state index contributed by atoms with van der Waals surface area (Å²) in [5, 5.41) is 9.81. The highest BCUT2D eigenvalue weighted by atomic mass is 16.5. The average molecular weight is 769 g/mol. The molecular weight excluding hydrogens is 733 g/mol. The number of hydrogen-bond acceptors (Lipinski definition) is 1. The van der Waals surface area contributed by atoms with Gasteiger partial charge in [0.15, 0.2) is 0 Å². The SMILES string of the molecule is COc1cccc(-n2c3ccc(-c4ccc5c(c4)[nH]c4c(-n6c7ccccc7c7ccccc76)cccc45)cc3c3cccc(-n4c5ccccc5c5ccccc54)c32)c1. The van der Waals surface area contributed by atoms with E-state index in [9.17, 15) is 0 Å². The number of rotatable bonds is 5. The van der Waals surface area contributed by atoms with Gasteiger partial charge in [0.2, 0.25) is 0 Å². The molecule has 9 aromatic carbocycles. The fraction of sp³-hybridized carbons (Fsp3) is 0.0182. The number of aromatic nitrogens is 4. The molecule has 0 bridgehead atoms. The van der Waals surface area contributed by atoms with Crippen LogP contribution in [-0.4, -0.2) is 25.8 Å². The molecule has 60 heavy (non-hydrogen) atoms. The largest absolute Gasteiger partial charge is 0.497 e. The molecule has 0 aliphatic carbocycles. The molecular formula is C55H36N4O. The second-order valence-corrected chi connectivity index (χ2v) is 15.8. The third-order valence-corrected chi connectivity index (χ3v) is 12.7. The molecule has 0 spiro atoms. The van der Waals surface area contributed by atoms with Crippen molar-refractivity contribution in [1.82, 2.24) is 18.7 Å². The highest BCUT2D eigenvalue weighted by Crippen LogP contribution is 2.42. The molecule has 1 N–H and O–H groups in total. The Kier molecular flexibility index (Phi) is 6.87. The van der Waals surface area contributed by atoms with Crippen LogP contribution in [0.15, 0.2) is 194 Å². The second-order valence-electron chi connectivity index (χ2n) is 15.8. The molecule has 5 heteroatoms. The van der Waals surface area contributed by atoms with E-state index < -0.39 is 0 Å². The molecule has 0 amide bonds. The number of para-hydroxylation sites is 6. The molecule has 13 aromatic rings. The highest BCUT2D eigenvalue weighted by Gasteiger charge is 2.21. The monoisotopic (exact) mass is 768 g/mol. The van der Waals surface area contributed by atoms with Gasteiger partial charge in [-0.15, -0.1) is 0 Å². The van der Waals surface area contributed by atoms with Crippen molar-refractivity contribution in [2.24, 2.45) is 0 Å². The summed E-state index contributed by atoms with van der Waals surface area (Å²) in [4.78, 5) is 3.89. The molecule has 4 aromatic heterocycles. The zero-order chi connectivity index (χ0) is 39.5. The zero-order valence-corrected chi connectivity index (χ0v) is 32.7. The van der Waals surface area contributed by atoms with Crippen molar-refractivity contribution in [3.05, 3.63) is 194 Å². The van der Waals surface area contributed by atoms with Gasteiger partial charge in [0, 0.05) is 60.4 Å². The molecule has 0 aliphatic heterocycles. The first kappa shape index (κ1) is 33.0. The van der Waals surface area contributed by atoms with Crippen LogP contribution in [0.4, 0.5) is 0 Å². The smallest absolute Gasteiger partial charge is 0.120 e. The molecule has 0 fully saturated rings. The van der Waals surface area contributed by atoms with Crippen molar-refractivity contribution in [1.29, 1.82) is 0 Å². The third kappa shape index (κ3) is 4.57. The van der Waals surface area contributed by atoms with Crippen LogP contribution in [0.1, 0.15) is 0 Å². The van der Waals surface area contributed by atoms with Crippen molar-refractivity contribution < 1.29 is 4.74 Å². The van der Waals surface area contributed by atoms with Crippen molar-refractivity contribution in [2.45, 2.75) is 0 Å². The van der Waals surface area contributed by atoms with Crippen LogP contribution < -0.4 is 4.74 Å². The summed E-state index contributed by atoms with van der Waals surface area (Å²) in [5.41, 5.74) is 14.9. The Morgan fingerprint density at radius 2 is 0.883 bits per heavy atom. The van der Waals surface area contributed by atoms with Gasteiger partial charge in [-0.05, 0) is 77.9 Å². The maximum absolute atomic E-state index is 5.77. The average Bonchev–Trinajstić information content (AvgIpc) is 4.05. The minimum Gasteiger partial charge on any atom is -0.497 e. The first-order valence-corrected chi connectivity index (χ1v) is 20.5. The van der Waals surface area contributed by atoms with Crippen LogP contribution in [0.5, 0.6) is 5.75 Å². The van der Waals surface area contributed by atoms with Crippen LogP contribution in [0, 0.1) is 0 Å². The van der Waals surface area contributed by atoms with Gasteiger partial charge in [-0.1, -0.05) is 121 Å². The number of methoxy groups -OCH3 is 1. The lowest BCUT2D eigenvalue weighted by atomic mass is 10.0. The summed E-state index contributed by atoms with van der Waals surface area (Å²) < 4.78 is 13.0. The molecule has 282 valence electrons. The molecule has 13 rings (SSSR count). The summed E-state index contributed by atoms with van der Waals surface area (Å²) in [6.45, 7) is 0. The summed E-state index contributed by atoms with van der Waals surface area (Å²) in [6.07, 6.45) is 0. The Morgan fingerprint density at radius 1 is 0.367 bits per heavy atom.